The third-order valence-corrected chi connectivity index (χ3v) is 7.68. The summed E-state index contributed by atoms with van der Waals surface area (Å²) in [6.07, 6.45) is 2.19. The van der Waals surface area contributed by atoms with E-state index in [0.29, 0.717) is 0 Å². The lowest BCUT2D eigenvalue weighted by Crippen LogP contribution is -2.54. The van der Waals surface area contributed by atoms with E-state index in [2.05, 4.69) is 6.58 Å². The molecule has 2 aliphatic rings. The minimum Gasteiger partial charge on any atom is -0.504 e. The molecule has 190 valence electrons. The van der Waals surface area contributed by atoms with Crippen LogP contribution in [0.2, 0.25) is 0 Å². The molecule has 1 fully saturated rings. The van der Waals surface area contributed by atoms with E-state index in [4.69, 9.17) is 27.9 Å². The van der Waals surface area contributed by atoms with Crippen molar-refractivity contribution in [1.82, 2.24) is 0 Å². The molecule has 0 radical (unpaired) electrons. The highest BCUT2D eigenvalue weighted by Crippen LogP contribution is 2.61. The highest BCUT2D eigenvalue weighted by Gasteiger charge is 2.74. The predicted octanol–water partition coefficient (Wildman–Crippen LogP) is 5.61. The SMILES string of the molecule is C=CC1=CCC2(Cl)C(=O)N(c3c(F)c(F)c(F)c(F)c3F)C(=O)C2(Cl)C1c1cccc(OCC)c1O. The maximum Gasteiger partial charge on any atom is 0.258 e. The zero-order valence-corrected chi connectivity index (χ0v) is 19.9. The van der Waals surface area contributed by atoms with Crippen molar-refractivity contribution < 1.29 is 41.4 Å². The van der Waals surface area contributed by atoms with Gasteiger partial charge in [0, 0.05) is 11.5 Å². The number of allylic oxidation sites excluding steroid dienone is 3. The van der Waals surface area contributed by atoms with Crippen molar-refractivity contribution in [3.63, 3.8) is 0 Å². The van der Waals surface area contributed by atoms with Gasteiger partial charge in [-0.1, -0.05) is 30.9 Å². The van der Waals surface area contributed by atoms with Gasteiger partial charge < -0.3 is 9.84 Å². The average molecular weight is 548 g/mol. The molecule has 0 saturated carbocycles. The number of para-hydroxylation sites is 1. The molecule has 1 heterocycles. The normalized spacial score (nSPS) is 25.6. The maximum absolute atomic E-state index is 14.7. The topological polar surface area (TPSA) is 66.8 Å². The number of ether oxygens (including phenoxy) is 1. The summed E-state index contributed by atoms with van der Waals surface area (Å²) in [4.78, 5) is 21.8. The Morgan fingerprint density at radius 2 is 1.67 bits per heavy atom. The summed E-state index contributed by atoms with van der Waals surface area (Å²) in [5.41, 5.74) is -1.64. The lowest BCUT2D eigenvalue weighted by Gasteiger charge is -2.42. The number of halogens is 7. The molecule has 3 unspecified atom stereocenters. The fraction of sp³-hybridized carbons (Fsp3) is 0.250. The van der Waals surface area contributed by atoms with Gasteiger partial charge in [-0.2, -0.15) is 0 Å². The van der Waals surface area contributed by atoms with E-state index in [1.165, 1.54) is 30.4 Å². The summed E-state index contributed by atoms with van der Waals surface area (Å²) in [6.45, 7) is 5.45. The van der Waals surface area contributed by atoms with Crippen LogP contribution in [0.25, 0.3) is 0 Å². The number of phenols is 1. The van der Waals surface area contributed by atoms with E-state index in [1.54, 1.807) is 6.92 Å². The summed E-state index contributed by atoms with van der Waals surface area (Å²) in [6, 6.07) is 4.22. The van der Waals surface area contributed by atoms with Crippen molar-refractivity contribution in [2.75, 3.05) is 11.5 Å². The van der Waals surface area contributed by atoms with Crippen molar-refractivity contribution in [3.8, 4) is 11.5 Å². The number of rotatable bonds is 5. The molecule has 1 N–H and O–H groups in total. The van der Waals surface area contributed by atoms with Crippen LogP contribution in [0.15, 0.2) is 42.5 Å². The van der Waals surface area contributed by atoms with Crippen LogP contribution in [0.3, 0.4) is 0 Å². The Hall–Kier alpha value is -3.11. The Balaban J connectivity index is 2.00. The Morgan fingerprint density at radius 1 is 1.08 bits per heavy atom. The van der Waals surface area contributed by atoms with Gasteiger partial charge in [0.1, 0.15) is 5.69 Å². The third kappa shape index (κ3) is 3.20. The smallest absolute Gasteiger partial charge is 0.258 e. The first kappa shape index (κ1) is 26.0. The molecule has 2 aromatic carbocycles. The van der Waals surface area contributed by atoms with E-state index in [9.17, 15) is 36.6 Å². The number of benzene rings is 2. The largest absolute Gasteiger partial charge is 0.504 e. The number of carbonyl (C=O) groups is 2. The quantitative estimate of drug-likeness (QED) is 0.173. The number of carbonyl (C=O) groups excluding carboxylic acids is 2. The lowest BCUT2D eigenvalue weighted by molar-refractivity contribution is -0.122. The number of amides is 2. The van der Waals surface area contributed by atoms with Gasteiger partial charge in [0.15, 0.2) is 44.5 Å². The van der Waals surface area contributed by atoms with Gasteiger partial charge in [-0.25, -0.2) is 26.9 Å². The number of hydrogen-bond donors (Lipinski definition) is 1. The zero-order chi connectivity index (χ0) is 26.7. The van der Waals surface area contributed by atoms with Crippen molar-refractivity contribution in [2.24, 2.45) is 0 Å². The maximum atomic E-state index is 14.7. The highest BCUT2D eigenvalue weighted by molar-refractivity contribution is 6.58. The van der Waals surface area contributed by atoms with Gasteiger partial charge in [-0.3, -0.25) is 9.59 Å². The number of aromatic hydroxyl groups is 1. The van der Waals surface area contributed by atoms with Crippen molar-refractivity contribution in [1.29, 1.82) is 0 Å². The molecule has 36 heavy (non-hydrogen) atoms. The first-order valence-corrected chi connectivity index (χ1v) is 11.2. The van der Waals surface area contributed by atoms with Crippen molar-refractivity contribution >= 4 is 40.7 Å². The van der Waals surface area contributed by atoms with Crippen molar-refractivity contribution in [3.05, 3.63) is 77.2 Å². The molecule has 0 spiro atoms. The highest BCUT2D eigenvalue weighted by atomic mass is 35.5. The summed E-state index contributed by atoms with van der Waals surface area (Å²) in [5, 5.41) is 10.9. The molecular formula is C24H16Cl2F5NO4. The second-order valence-electron chi connectivity index (χ2n) is 8.05. The number of nitrogens with zero attached hydrogens (tertiary/aromatic N) is 1. The molecular weight excluding hydrogens is 532 g/mol. The number of anilines is 1. The van der Waals surface area contributed by atoms with E-state index < -0.39 is 74.4 Å². The van der Waals surface area contributed by atoms with E-state index in [0.717, 1.165) is 0 Å². The average Bonchev–Trinajstić information content (AvgIpc) is 3.00. The van der Waals surface area contributed by atoms with Gasteiger partial charge in [0.25, 0.3) is 11.8 Å². The number of fused-ring (bicyclic) bond motifs is 1. The molecule has 2 amide bonds. The van der Waals surface area contributed by atoms with Gasteiger partial charge in [-0.15, -0.1) is 23.2 Å². The molecule has 5 nitrogen and oxygen atoms in total. The van der Waals surface area contributed by atoms with Crippen LogP contribution in [0, 0.1) is 29.1 Å². The van der Waals surface area contributed by atoms with E-state index in [-0.39, 0.29) is 28.4 Å². The number of hydrogen-bond acceptors (Lipinski definition) is 4. The first-order chi connectivity index (χ1) is 16.9. The minimum atomic E-state index is -2.58. The van der Waals surface area contributed by atoms with Gasteiger partial charge in [0.2, 0.25) is 5.82 Å². The molecule has 12 heteroatoms. The minimum absolute atomic E-state index is 0.00202. The fourth-order valence-corrected chi connectivity index (χ4v) is 5.42. The van der Waals surface area contributed by atoms with Crippen LogP contribution in [-0.2, 0) is 9.59 Å². The van der Waals surface area contributed by atoms with Gasteiger partial charge in [0.05, 0.1) is 6.61 Å². The second-order valence-corrected chi connectivity index (χ2v) is 9.29. The summed E-state index contributed by atoms with van der Waals surface area (Å²) in [5.74, 6) is -17.0. The van der Waals surface area contributed by atoms with Crippen LogP contribution in [0.4, 0.5) is 27.6 Å². The summed E-state index contributed by atoms with van der Waals surface area (Å²) < 4.78 is 76.2. The second kappa shape index (κ2) is 8.77. The Bertz CT molecular complexity index is 1340. The van der Waals surface area contributed by atoms with Gasteiger partial charge in [-0.05, 0) is 25.0 Å². The molecule has 0 aromatic heterocycles. The molecule has 3 atom stereocenters. The van der Waals surface area contributed by atoms with Crippen molar-refractivity contribution in [2.45, 2.75) is 29.0 Å². The Morgan fingerprint density at radius 3 is 2.22 bits per heavy atom. The molecule has 1 aliphatic carbocycles. The van der Waals surface area contributed by atoms with E-state index in [1.807, 2.05) is 0 Å². The zero-order valence-electron chi connectivity index (χ0n) is 18.4. The lowest BCUT2D eigenvalue weighted by atomic mass is 9.68. The monoisotopic (exact) mass is 547 g/mol. The number of imide groups is 1. The molecule has 0 bridgehead atoms. The standard InChI is InChI=1S/C24H16Cl2F5NO4/c1-3-10-8-9-23(25)21(34)32(19-17(30)15(28)14(27)16(29)18(19)31)22(35)24(23,26)13(10)11-6-5-7-12(20(11)33)36-4-2/h3,5-8,13,33H,1,4,9H2,2H3. The Kier molecular flexibility index (Phi) is 6.33. The first-order valence-electron chi connectivity index (χ1n) is 10.4. The number of phenolic OH excluding ortho intramolecular Hbond substituents is 1. The van der Waals surface area contributed by atoms with Gasteiger partial charge >= 0.3 is 0 Å². The van der Waals surface area contributed by atoms with Crippen LogP contribution in [0.5, 0.6) is 11.5 Å². The Labute approximate surface area is 211 Å². The van der Waals surface area contributed by atoms with Crippen LogP contribution in [0.1, 0.15) is 24.8 Å². The van der Waals surface area contributed by atoms with Crippen LogP contribution < -0.4 is 9.64 Å². The molecule has 1 aliphatic heterocycles. The summed E-state index contributed by atoms with van der Waals surface area (Å²) >= 11 is 13.4. The number of alkyl halides is 2. The summed E-state index contributed by atoms with van der Waals surface area (Å²) in [7, 11) is 0. The fourth-order valence-electron chi connectivity index (χ4n) is 4.58. The predicted molar refractivity (Wildman–Crippen MR) is 121 cm³/mol. The van der Waals surface area contributed by atoms with Crippen LogP contribution >= 0.6 is 23.2 Å². The molecule has 1 saturated heterocycles. The molecule has 2 aromatic rings. The van der Waals surface area contributed by atoms with E-state index >= 15 is 0 Å². The molecule has 4 rings (SSSR count). The van der Waals surface area contributed by atoms with Crippen LogP contribution in [-0.4, -0.2) is 33.3 Å². The third-order valence-electron chi connectivity index (χ3n) is 6.27.